The van der Waals surface area contributed by atoms with Gasteiger partial charge in [-0.3, -0.25) is 14.5 Å². The molecule has 1 saturated carbocycles. The number of ether oxygens (including phenoxy) is 4. The molecule has 1 aliphatic carbocycles. The number of anilines is 1. The first-order chi connectivity index (χ1) is 28.6. The molecule has 13 heteroatoms. The summed E-state index contributed by atoms with van der Waals surface area (Å²) < 4.78 is 24.7. The van der Waals surface area contributed by atoms with E-state index in [1.54, 1.807) is 7.11 Å². The highest BCUT2D eigenvalue weighted by atomic mass is 16.6. The number of aliphatic hydroxyl groups is 2. The van der Waals surface area contributed by atoms with Crippen LogP contribution in [0.25, 0.3) is 10.9 Å². The van der Waals surface area contributed by atoms with E-state index in [1.807, 2.05) is 50.1 Å². The lowest BCUT2D eigenvalue weighted by Gasteiger charge is -2.63. The molecular formula is C47H61N4O9+. The van der Waals surface area contributed by atoms with Crippen LogP contribution in [-0.4, -0.2) is 140 Å². The molecule has 13 nitrogen and oxygen atoms in total. The number of aromatic nitrogens is 1. The van der Waals surface area contributed by atoms with Crippen LogP contribution in [0, 0.1) is 11.3 Å². The molecule has 322 valence electrons. The number of aromatic amines is 1. The van der Waals surface area contributed by atoms with Crippen LogP contribution in [-0.2, 0) is 45.8 Å². The number of esters is 3. The molecule has 3 N–H and O–H groups in total. The predicted molar refractivity (Wildman–Crippen MR) is 225 cm³/mol. The summed E-state index contributed by atoms with van der Waals surface area (Å²) in [5, 5.41) is 26.6. The zero-order chi connectivity index (χ0) is 42.8. The Kier molecular flexibility index (Phi) is 9.41. The van der Waals surface area contributed by atoms with Gasteiger partial charge in [0.25, 0.3) is 0 Å². The average molecular weight is 826 g/mol. The number of hydrogen-bond acceptors (Lipinski definition) is 11. The molecule has 0 radical (unpaired) electrons. The molecule has 60 heavy (non-hydrogen) atoms. The van der Waals surface area contributed by atoms with Gasteiger partial charge in [0.1, 0.15) is 23.3 Å². The monoisotopic (exact) mass is 825 g/mol. The third-order valence-electron chi connectivity index (χ3n) is 16.2. The number of quaternary nitrogens is 1. The van der Waals surface area contributed by atoms with E-state index < -0.39 is 57.5 Å². The van der Waals surface area contributed by atoms with Crippen molar-refractivity contribution >= 4 is 34.5 Å². The average Bonchev–Trinajstić information content (AvgIpc) is 3.89. The van der Waals surface area contributed by atoms with Crippen LogP contribution in [0.15, 0.2) is 48.6 Å². The third kappa shape index (κ3) is 5.21. The smallest absolute Gasteiger partial charge is 0.344 e. The molecule has 3 aromatic rings. The predicted octanol–water partition coefficient (Wildman–Crippen LogP) is 4.14. The van der Waals surface area contributed by atoms with Crippen molar-refractivity contribution in [2.75, 3.05) is 73.0 Å². The normalized spacial score (nSPS) is 37.8. The number of hydrogen-bond donors (Lipinski definition) is 3. The van der Waals surface area contributed by atoms with Gasteiger partial charge in [0.05, 0.1) is 47.5 Å². The van der Waals surface area contributed by atoms with Crippen molar-refractivity contribution in [3.63, 3.8) is 0 Å². The van der Waals surface area contributed by atoms with Crippen molar-refractivity contribution in [3.8, 4) is 5.75 Å². The van der Waals surface area contributed by atoms with E-state index in [1.165, 1.54) is 21.1 Å². The number of rotatable bonds is 7. The van der Waals surface area contributed by atoms with Crippen molar-refractivity contribution in [3.05, 3.63) is 70.9 Å². The lowest BCUT2D eigenvalue weighted by atomic mass is 9.47. The van der Waals surface area contributed by atoms with Crippen LogP contribution in [0.2, 0.25) is 0 Å². The molecule has 2 bridgehead atoms. The zero-order valence-electron chi connectivity index (χ0n) is 36.3. The van der Waals surface area contributed by atoms with Crippen LogP contribution in [0.4, 0.5) is 5.69 Å². The Morgan fingerprint density at radius 2 is 1.73 bits per heavy atom. The Bertz CT molecular complexity index is 2310. The van der Waals surface area contributed by atoms with Crippen molar-refractivity contribution in [1.82, 2.24) is 9.88 Å². The molecule has 6 heterocycles. The first kappa shape index (κ1) is 40.9. The molecule has 6 aliphatic rings. The molecule has 0 unspecified atom stereocenters. The Balaban J connectivity index is 1.37. The van der Waals surface area contributed by atoms with Gasteiger partial charge >= 0.3 is 17.9 Å². The molecule has 3 fully saturated rings. The minimum Gasteiger partial charge on any atom is -0.496 e. The van der Waals surface area contributed by atoms with Gasteiger partial charge in [0.15, 0.2) is 6.10 Å². The fourth-order valence-corrected chi connectivity index (χ4v) is 14.2. The SMILES string of the molecule is CC[C@]1(O)C[C@@H]2C[C@](C(=O)OC)(c3cc4c(cc3OC)N(C)[C@H]3[C@@](O)(C(=O)OC)[C@H](OC(C)=O)[C@]5(CC)C=CCN6CC[C@]43[C@@H]65)c3[nH]c4ccccc4c3CC[N@+](C)(C2)C1. The molecule has 1 spiro atoms. The summed E-state index contributed by atoms with van der Waals surface area (Å²) in [6.45, 7) is 8.86. The van der Waals surface area contributed by atoms with Gasteiger partial charge in [0, 0.05) is 83.6 Å². The Morgan fingerprint density at radius 1 is 0.983 bits per heavy atom. The first-order valence-electron chi connectivity index (χ1n) is 21.7. The molecule has 5 aliphatic heterocycles. The zero-order valence-corrected chi connectivity index (χ0v) is 36.3. The van der Waals surface area contributed by atoms with Crippen LogP contribution in [0.1, 0.15) is 75.3 Å². The quantitative estimate of drug-likeness (QED) is 0.137. The van der Waals surface area contributed by atoms with Crippen molar-refractivity contribution in [2.45, 2.75) is 99.5 Å². The lowest BCUT2D eigenvalue weighted by Crippen LogP contribution is -2.81. The van der Waals surface area contributed by atoms with Gasteiger partial charge < -0.3 is 43.5 Å². The topological polar surface area (TPSA) is 151 Å². The number of nitrogens with one attached hydrogen (secondary N) is 1. The highest BCUT2D eigenvalue weighted by Crippen LogP contribution is 2.68. The summed E-state index contributed by atoms with van der Waals surface area (Å²) in [6, 6.07) is 11.0. The Labute approximate surface area is 352 Å². The van der Waals surface area contributed by atoms with Gasteiger partial charge in [-0.2, -0.15) is 0 Å². The summed E-state index contributed by atoms with van der Waals surface area (Å²) in [6.07, 6.45) is 6.01. The van der Waals surface area contributed by atoms with E-state index in [-0.39, 0.29) is 12.0 Å². The maximum absolute atomic E-state index is 15.4. The fourth-order valence-electron chi connectivity index (χ4n) is 14.2. The van der Waals surface area contributed by atoms with Crippen LogP contribution < -0.4 is 9.64 Å². The summed E-state index contributed by atoms with van der Waals surface area (Å²) in [5.41, 5.74) is -1.57. The Morgan fingerprint density at radius 3 is 2.42 bits per heavy atom. The number of para-hydroxylation sites is 1. The first-order valence-corrected chi connectivity index (χ1v) is 21.7. The molecule has 10 atom stereocenters. The molecule has 1 aromatic heterocycles. The molecular weight excluding hydrogens is 765 g/mol. The van der Waals surface area contributed by atoms with E-state index in [9.17, 15) is 19.8 Å². The number of nitrogens with zero attached hydrogens (tertiary/aromatic N) is 3. The minimum absolute atomic E-state index is 0.0847. The van der Waals surface area contributed by atoms with E-state index in [4.69, 9.17) is 18.9 Å². The second kappa shape index (κ2) is 13.8. The number of fused-ring (bicyclic) bond motifs is 6. The highest BCUT2D eigenvalue weighted by Gasteiger charge is 2.80. The lowest BCUT2D eigenvalue weighted by molar-refractivity contribution is -0.924. The minimum atomic E-state index is -2.30. The van der Waals surface area contributed by atoms with Crippen LogP contribution in [0.3, 0.4) is 0 Å². The number of benzene rings is 2. The van der Waals surface area contributed by atoms with E-state index in [0.29, 0.717) is 74.0 Å². The number of piperidine rings is 1. The molecule has 2 aromatic carbocycles. The van der Waals surface area contributed by atoms with E-state index in [0.717, 1.165) is 46.5 Å². The molecule has 9 rings (SSSR count). The van der Waals surface area contributed by atoms with E-state index in [2.05, 4.69) is 41.2 Å². The standard InChI is InChI=1S/C47H61N4O9/c1-9-43(55)24-29-25-46(41(53)58-7,37-31(16-21-51(5,26-29)27-43)30-14-11-12-15-34(30)48-37)33-22-32-35(23-36(33)57-6)49(4)39-45(32)18-20-50-19-13-17-44(10-2,38(45)50)40(60-28(3)52)47(39,56)42(54)59-8/h11-15,17,22-23,29,38-40,48,55-56H,9-10,16,18-21,24-27H2,1-8H3/q+1/t29-,38+,39-,40-,43+,44-,45-,46+,47+,51-/m1/s1. The second-order valence-corrected chi connectivity index (χ2v) is 19.2. The van der Waals surface area contributed by atoms with Gasteiger partial charge in [0.2, 0.25) is 5.60 Å². The molecule has 0 amide bonds. The van der Waals surface area contributed by atoms with Gasteiger partial charge in [-0.1, -0.05) is 44.2 Å². The van der Waals surface area contributed by atoms with Gasteiger partial charge in [-0.05, 0) is 61.9 Å². The summed E-state index contributed by atoms with van der Waals surface area (Å²) in [7, 11) is 8.41. The van der Waals surface area contributed by atoms with Crippen molar-refractivity contribution < 1.29 is 48.0 Å². The number of carbonyl (C=O) groups excluding carboxylic acids is 3. The van der Waals surface area contributed by atoms with Crippen molar-refractivity contribution in [1.29, 1.82) is 0 Å². The van der Waals surface area contributed by atoms with Gasteiger partial charge in [-0.25, -0.2) is 4.79 Å². The van der Waals surface area contributed by atoms with Crippen LogP contribution >= 0.6 is 0 Å². The summed E-state index contributed by atoms with van der Waals surface area (Å²) in [5.74, 6) is -1.53. The summed E-state index contributed by atoms with van der Waals surface area (Å²) >= 11 is 0. The maximum atomic E-state index is 15.4. The number of carbonyl (C=O) groups is 3. The number of methoxy groups -OCH3 is 3. The number of likely N-dealkylation sites (N-methyl/N-ethyl adjacent to an activating group) is 2. The fraction of sp³-hybridized carbons (Fsp3) is 0.596. The second-order valence-electron chi connectivity index (χ2n) is 19.2. The van der Waals surface area contributed by atoms with Gasteiger partial charge in [-0.15, -0.1) is 0 Å². The van der Waals surface area contributed by atoms with Crippen molar-refractivity contribution in [2.24, 2.45) is 11.3 Å². The maximum Gasteiger partial charge on any atom is 0.344 e. The molecule has 2 saturated heterocycles. The Hall–Kier alpha value is -4.43. The summed E-state index contributed by atoms with van der Waals surface area (Å²) in [4.78, 5) is 51.0. The largest absolute Gasteiger partial charge is 0.496 e. The third-order valence-corrected chi connectivity index (χ3v) is 16.2. The van der Waals surface area contributed by atoms with E-state index >= 15 is 4.79 Å². The van der Waals surface area contributed by atoms with Crippen LogP contribution in [0.5, 0.6) is 5.75 Å². The number of H-pyrrole nitrogens is 1. The highest BCUT2D eigenvalue weighted by molar-refractivity contribution is 5.95.